The van der Waals surface area contributed by atoms with Gasteiger partial charge in [-0.25, -0.2) is 0 Å². The number of carbonyl (C=O) groups excluding carboxylic acids is 3. The zero-order chi connectivity index (χ0) is 15.1. The Morgan fingerprint density at radius 3 is 2.70 bits per heavy atom. The van der Waals surface area contributed by atoms with E-state index >= 15 is 0 Å². The molecule has 0 bridgehead atoms. The quantitative estimate of drug-likeness (QED) is 0.522. The lowest BCUT2D eigenvalue weighted by molar-refractivity contribution is -0.140. The van der Waals surface area contributed by atoms with Crippen molar-refractivity contribution in [2.75, 3.05) is 26.3 Å². The van der Waals surface area contributed by atoms with Crippen LogP contribution in [0.1, 0.15) is 33.6 Å². The zero-order valence-corrected chi connectivity index (χ0v) is 12.5. The second-order valence-electron chi connectivity index (χ2n) is 5.24. The Hall–Kier alpha value is -1.43. The fraction of sp³-hybridized carbons (Fsp3) is 0.786. The van der Waals surface area contributed by atoms with Crippen LogP contribution >= 0.6 is 0 Å². The smallest absolute Gasteiger partial charge is 0.233 e. The molecule has 6 heteroatoms. The first kappa shape index (κ1) is 16.6. The van der Waals surface area contributed by atoms with Gasteiger partial charge in [0.1, 0.15) is 0 Å². The first-order valence-corrected chi connectivity index (χ1v) is 7.16. The maximum absolute atomic E-state index is 12.0. The van der Waals surface area contributed by atoms with Gasteiger partial charge in [0.15, 0.2) is 0 Å². The maximum atomic E-state index is 12.0. The van der Waals surface area contributed by atoms with Gasteiger partial charge in [-0.15, -0.1) is 0 Å². The molecule has 6 nitrogen and oxygen atoms in total. The van der Waals surface area contributed by atoms with Crippen LogP contribution in [0.3, 0.4) is 0 Å². The van der Waals surface area contributed by atoms with Crippen molar-refractivity contribution in [1.29, 1.82) is 0 Å². The largest absolute Gasteiger partial charge is 0.380 e. The number of nitrogens with one attached hydrogen (secondary N) is 1. The number of hydrogen-bond acceptors (Lipinski definition) is 4. The third kappa shape index (κ3) is 4.59. The number of nitrogens with zero attached hydrogens (tertiary/aromatic N) is 1. The van der Waals surface area contributed by atoms with Crippen LogP contribution in [-0.4, -0.2) is 48.9 Å². The summed E-state index contributed by atoms with van der Waals surface area (Å²) in [7, 11) is 0. The second kappa shape index (κ2) is 7.99. The molecule has 1 unspecified atom stereocenters. The first-order chi connectivity index (χ1) is 9.47. The van der Waals surface area contributed by atoms with E-state index in [0.717, 1.165) is 0 Å². The summed E-state index contributed by atoms with van der Waals surface area (Å²) >= 11 is 0. The highest BCUT2D eigenvalue weighted by molar-refractivity contribution is 6.03. The van der Waals surface area contributed by atoms with Gasteiger partial charge in [-0.3, -0.25) is 19.3 Å². The molecule has 1 aliphatic rings. The third-order valence-electron chi connectivity index (χ3n) is 3.42. The molecule has 0 aromatic rings. The summed E-state index contributed by atoms with van der Waals surface area (Å²) < 4.78 is 5.10. The molecular weight excluding hydrogens is 260 g/mol. The van der Waals surface area contributed by atoms with Gasteiger partial charge in [-0.2, -0.15) is 0 Å². The van der Waals surface area contributed by atoms with E-state index in [0.29, 0.717) is 19.8 Å². The van der Waals surface area contributed by atoms with Gasteiger partial charge < -0.3 is 10.1 Å². The molecule has 1 aliphatic heterocycles. The second-order valence-corrected chi connectivity index (χ2v) is 5.24. The highest BCUT2D eigenvalue weighted by atomic mass is 16.5. The summed E-state index contributed by atoms with van der Waals surface area (Å²) in [6.45, 7) is 7.45. The molecule has 1 atom stereocenters. The van der Waals surface area contributed by atoms with Crippen molar-refractivity contribution < 1.29 is 19.1 Å². The van der Waals surface area contributed by atoms with Gasteiger partial charge in [-0.1, -0.05) is 13.8 Å². The lowest BCUT2D eigenvalue weighted by atomic mass is 9.94. The van der Waals surface area contributed by atoms with Crippen LogP contribution in [0.25, 0.3) is 0 Å². The lowest BCUT2D eigenvalue weighted by Gasteiger charge is -2.16. The number of ether oxygens (including phenoxy) is 1. The van der Waals surface area contributed by atoms with Crippen LogP contribution < -0.4 is 5.32 Å². The summed E-state index contributed by atoms with van der Waals surface area (Å²) in [5, 5.41) is 2.69. The molecule has 1 rings (SSSR count). The average Bonchev–Trinajstić information content (AvgIpc) is 2.68. The minimum Gasteiger partial charge on any atom is -0.380 e. The maximum Gasteiger partial charge on any atom is 0.233 e. The van der Waals surface area contributed by atoms with Crippen molar-refractivity contribution in [2.45, 2.75) is 33.6 Å². The van der Waals surface area contributed by atoms with E-state index < -0.39 is 0 Å². The summed E-state index contributed by atoms with van der Waals surface area (Å²) in [6.07, 6.45) is 0.414. The van der Waals surface area contributed by atoms with E-state index in [1.807, 2.05) is 20.8 Å². The molecule has 0 aromatic carbocycles. The molecule has 0 spiro atoms. The van der Waals surface area contributed by atoms with Crippen molar-refractivity contribution in [1.82, 2.24) is 10.2 Å². The number of imide groups is 1. The Labute approximate surface area is 119 Å². The van der Waals surface area contributed by atoms with Crippen LogP contribution in [0.15, 0.2) is 0 Å². The van der Waals surface area contributed by atoms with Crippen molar-refractivity contribution in [2.24, 2.45) is 11.8 Å². The predicted molar refractivity (Wildman–Crippen MR) is 73.8 cm³/mol. The molecule has 1 heterocycles. The molecule has 0 aromatic heterocycles. The molecule has 1 saturated heterocycles. The van der Waals surface area contributed by atoms with Crippen LogP contribution in [0, 0.1) is 11.8 Å². The van der Waals surface area contributed by atoms with Crippen molar-refractivity contribution >= 4 is 17.7 Å². The SMILES string of the molecule is CCOCCNC(=O)CCN1C(=O)CC(C(C)C)C1=O. The Morgan fingerprint density at radius 1 is 1.45 bits per heavy atom. The van der Waals surface area contributed by atoms with Crippen molar-refractivity contribution in [3.63, 3.8) is 0 Å². The fourth-order valence-electron chi connectivity index (χ4n) is 2.17. The standard InChI is InChI=1S/C14H24N2O4/c1-4-20-8-6-15-12(17)5-7-16-13(18)9-11(10(2)3)14(16)19/h10-11H,4-9H2,1-3H3,(H,15,17). The monoisotopic (exact) mass is 284 g/mol. The minimum absolute atomic E-state index is 0.146. The Bertz CT molecular complexity index is 368. The van der Waals surface area contributed by atoms with Crippen molar-refractivity contribution in [3.8, 4) is 0 Å². The van der Waals surface area contributed by atoms with E-state index in [1.54, 1.807) is 0 Å². The number of hydrogen-bond donors (Lipinski definition) is 1. The number of amides is 3. The molecule has 114 valence electrons. The predicted octanol–water partition coefficient (Wildman–Crippen LogP) is 0.560. The molecule has 1 N–H and O–H groups in total. The highest BCUT2D eigenvalue weighted by Gasteiger charge is 2.39. The summed E-state index contributed by atoms with van der Waals surface area (Å²) in [5.41, 5.74) is 0. The van der Waals surface area contributed by atoms with Crippen LogP contribution in [0.4, 0.5) is 0 Å². The molecule has 0 radical (unpaired) electrons. The summed E-state index contributed by atoms with van der Waals surface area (Å²) in [5.74, 6) is -0.568. The zero-order valence-electron chi connectivity index (χ0n) is 12.5. The van der Waals surface area contributed by atoms with E-state index in [2.05, 4.69) is 5.32 Å². The topological polar surface area (TPSA) is 75.7 Å². The van der Waals surface area contributed by atoms with E-state index in [4.69, 9.17) is 4.74 Å². The minimum atomic E-state index is -0.233. The molecular formula is C14H24N2O4. The van der Waals surface area contributed by atoms with E-state index in [-0.39, 0.29) is 48.9 Å². The molecule has 0 aliphatic carbocycles. The third-order valence-corrected chi connectivity index (χ3v) is 3.42. The van der Waals surface area contributed by atoms with Crippen LogP contribution in [-0.2, 0) is 19.1 Å². The Kier molecular flexibility index (Phi) is 6.64. The molecule has 0 saturated carbocycles. The van der Waals surface area contributed by atoms with Gasteiger partial charge in [0, 0.05) is 38.5 Å². The van der Waals surface area contributed by atoms with E-state index in [9.17, 15) is 14.4 Å². The summed E-state index contributed by atoms with van der Waals surface area (Å²) in [4.78, 5) is 36.6. The van der Waals surface area contributed by atoms with Gasteiger partial charge in [-0.05, 0) is 12.8 Å². The summed E-state index contributed by atoms with van der Waals surface area (Å²) in [6, 6.07) is 0. The highest BCUT2D eigenvalue weighted by Crippen LogP contribution is 2.26. The lowest BCUT2D eigenvalue weighted by Crippen LogP contribution is -2.36. The Balaban J connectivity index is 2.32. The van der Waals surface area contributed by atoms with E-state index in [1.165, 1.54) is 4.90 Å². The van der Waals surface area contributed by atoms with Gasteiger partial charge in [0.25, 0.3) is 0 Å². The van der Waals surface area contributed by atoms with Gasteiger partial charge >= 0.3 is 0 Å². The average molecular weight is 284 g/mol. The fourth-order valence-corrected chi connectivity index (χ4v) is 2.17. The molecule has 3 amide bonds. The number of carbonyl (C=O) groups is 3. The normalized spacial score (nSPS) is 19.0. The molecule has 20 heavy (non-hydrogen) atoms. The van der Waals surface area contributed by atoms with Crippen LogP contribution in [0.2, 0.25) is 0 Å². The number of likely N-dealkylation sites (tertiary alicyclic amines) is 1. The van der Waals surface area contributed by atoms with Gasteiger partial charge in [0.05, 0.1) is 6.61 Å². The van der Waals surface area contributed by atoms with Gasteiger partial charge in [0.2, 0.25) is 17.7 Å². The Morgan fingerprint density at radius 2 is 2.15 bits per heavy atom. The molecule has 1 fully saturated rings. The number of rotatable bonds is 8. The van der Waals surface area contributed by atoms with Crippen LogP contribution in [0.5, 0.6) is 0 Å². The first-order valence-electron chi connectivity index (χ1n) is 7.16. The van der Waals surface area contributed by atoms with Crippen molar-refractivity contribution in [3.05, 3.63) is 0 Å².